The lowest BCUT2D eigenvalue weighted by atomic mass is 9.69. The van der Waals surface area contributed by atoms with Crippen LogP contribution in [0.3, 0.4) is 0 Å². The van der Waals surface area contributed by atoms with Gasteiger partial charge < -0.3 is 0 Å². The van der Waals surface area contributed by atoms with Crippen molar-refractivity contribution in [3.8, 4) is 11.3 Å². The summed E-state index contributed by atoms with van der Waals surface area (Å²) in [7, 11) is 0. The fourth-order valence-electron chi connectivity index (χ4n) is 4.31. The predicted molar refractivity (Wildman–Crippen MR) is 126 cm³/mol. The van der Waals surface area contributed by atoms with Crippen molar-refractivity contribution in [2.75, 3.05) is 5.75 Å². The third-order valence-electron chi connectivity index (χ3n) is 6.28. The minimum absolute atomic E-state index is 0.127. The fourth-order valence-corrected chi connectivity index (χ4v) is 5.39. The van der Waals surface area contributed by atoms with Gasteiger partial charge in [0.05, 0.1) is 17.8 Å². The third kappa shape index (κ3) is 3.85. The quantitative estimate of drug-likeness (QED) is 0.265. The van der Waals surface area contributed by atoms with Gasteiger partial charge in [-0.25, -0.2) is 4.98 Å². The van der Waals surface area contributed by atoms with Crippen molar-refractivity contribution in [2.45, 2.75) is 63.6 Å². The summed E-state index contributed by atoms with van der Waals surface area (Å²) in [5, 5.41) is 0.839. The molecule has 0 unspecified atom stereocenters. The second-order valence-electron chi connectivity index (χ2n) is 8.45. The summed E-state index contributed by atoms with van der Waals surface area (Å²) >= 11 is 1.71. The Bertz CT molecular complexity index is 1090. The van der Waals surface area contributed by atoms with Gasteiger partial charge in [0.2, 0.25) is 0 Å². The van der Waals surface area contributed by atoms with Gasteiger partial charge in [-0.15, -0.1) is 0 Å². The molecule has 4 rings (SSSR count). The first-order valence-corrected chi connectivity index (χ1v) is 12.0. The van der Waals surface area contributed by atoms with Gasteiger partial charge in [-0.1, -0.05) is 93.6 Å². The van der Waals surface area contributed by atoms with Gasteiger partial charge >= 0.3 is 0 Å². The molecule has 0 saturated heterocycles. The van der Waals surface area contributed by atoms with Gasteiger partial charge in [-0.3, -0.25) is 9.36 Å². The first-order chi connectivity index (χ1) is 14.6. The highest BCUT2D eigenvalue weighted by Crippen LogP contribution is 2.43. The number of fused-ring (bicyclic) bond motifs is 3. The first-order valence-electron chi connectivity index (χ1n) is 11.0. The number of rotatable bonds is 7. The van der Waals surface area contributed by atoms with Crippen LogP contribution in [0, 0.1) is 0 Å². The molecule has 4 heteroatoms. The molecule has 0 amide bonds. The van der Waals surface area contributed by atoms with E-state index in [1.165, 1.54) is 5.56 Å². The van der Waals surface area contributed by atoms with Crippen LogP contribution in [0.1, 0.15) is 56.7 Å². The highest BCUT2D eigenvalue weighted by atomic mass is 32.2. The van der Waals surface area contributed by atoms with E-state index in [4.69, 9.17) is 4.98 Å². The molecule has 3 aromatic rings. The maximum atomic E-state index is 14.0. The summed E-state index contributed by atoms with van der Waals surface area (Å²) in [4.78, 5) is 19.1. The lowest BCUT2D eigenvalue weighted by molar-refractivity contribution is 0.430. The molecule has 0 bridgehead atoms. The molecule has 30 heavy (non-hydrogen) atoms. The van der Waals surface area contributed by atoms with Gasteiger partial charge in [0.15, 0.2) is 5.16 Å². The highest BCUT2D eigenvalue weighted by Gasteiger charge is 2.38. The van der Waals surface area contributed by atoms with E-state index < -0.39 is 0 Å². The van der Waals surface area contributed by atoms with Crippen LogP contribution < -0.4 is 5.56 Å². The monoisotopic (exact) mass is 418 g/mol. The lowest BCUT2D eigenvalue weighted by Crippen LogP contribution is -2.40. The molecule has 0 spiro atoms. The summed E-state index contributed by atoms with van der Waals surface area (Å²) in [5.41, 5.74) is 5.27. The molecule has 1 aromatic heterocycles. The van der Waals surface area contributed by atoms with Gasteiger partial charge in [-0.05, 0) is 30.4 Å². The molecular weight excluding hydrogens is 388 g/mol. The second kappa shape index (κ2) is 8.81. The van der Waals surface area contributed by atoms with Crippen molar-refractivity contribution >= 4 is 11.8 Å². The van der Waals surface area contributed by atoms with Crippen molar-refractivity contribution in [3.63, 3.8) is 0 Å². The summed E-state index contributed by atoms with van der Waals surface area (Å²) in [6.07, 6.45) is 4.06. The van der Waals surface area contributed by atoms with E-state index in [2.05, 4.69) is 57.2 Å². The Morgan fingerprint density at radius 1 is 1.07 bits per heavy atom. The van der Waals surface area contributed by atoms with Crippen LogP contribution >= 0.6 is 11.8 Å². The van der Waals surface area contributed by atoms with Gasteiger partial charge in [0.25, 0.3) is 5.56 Å². The van der Waals surface area contributed by atoms with Crippen molar-refractivity contribution in [3.05, 3.63) is 81.6 Å². The Balaban J connectivity index is 1.93. The lowest BCUT2D eigenvalue weighted by Gasteiger charge is -2.36. The van der Waals surface area contributed by atoms with Crippen LogP contribution in [0.5, 0.6) is 0 Å². The van der Waals surface area contributed by atoms with Crippen LogP contribution in [0.25, 0.3) is 11.3 Å². The Hall–Kier alpha value is -2.33. The van der Waals surface area contributed by atoms with E-state index in [0.717, 1.165) is 59.0 Å². The number of unbranched alkanes of at least 4 members (excludes halogenated alkanes) is 1. The van der Waals surface area contributed by atoms with Crippen LogP contribution in [0.15, 0.2) is 64.5 Å². The van der Waals surface area contributed by atoms with Crippen LogP contribution in [0.2, 0.25) is 0 Å². The highest BCUT2D eigenvalue weighted by molar-refractivity contribution is 7.99. The predicted octanol–water partition coefficient (Wildman–Crippen LogP) is 6.07. The minimum Gasteiger partial charge on any atom is -0.283 e. The largest absolute Gasteiger partial charge is 0.283 e. The molecule has 1 aliphatic carbocycles. The number of aromatic nitrogens is 2. The van der Waals surface area contributed by atoms with E-state index in [9.17, 15) is 4.79 Å². The maximum absolute atomic E-state index is 14.0. The number of nitrogens with zero attached hydrogens (tertiary/aromatic N) is 2. The topological polar surface area (TPSA) is 34.9 Å². The maximum Gasteiger partial charge on any atom is 0.258 e. The Morgan fingerprint density at radius 2 is 1.80 bits per heavy atom. The number of benzene rings is 2. The number of hydrogen-bond donors (Lipinski definition) is 0. The summed E-state index contributed by atoms with van der Waals surface area (Å²) in [6, 6.07) is 18.7. The van der Waals surface area contributed by atoms with E-state index in [0.29, 0.717) is 6.54 Å². The summed E-state index contributed by atoms with van der Waals surface area (Å²) in [5.74, 6) is 0.975. The molecule has 3 nitrogen and oxygen atoms in total. The smallest absolute Gasteiger partial charge is 0.258 e. The van der Waals surface area contributed by atoms with Gasteiger partial charge in [0, 0.05) is 16.7 Å². The average molecular weight is 419 g/mol. The Kier molecular flexibility index (Phi) is 6.14. The summed E-state index contributed by atoms with van der Waals surface area (Å²) in [6.45, 7) is 7.17. The SMILES string of the molecule is CCCCSc1nc2c(c(=O)n1Cc1ccccc1)[C@](C)(CC)Cc1ccccc1-2. The second-order valence-corrected chi connectivity index (χ2v) is 9.51. The minimum atomic E-state index is -0.196. The van der Waals surface area contributed by atoms with Crippen molar-refractivity contribution in [2.24, 2.45) is 0 Å². The van der Waals surface area contributed by atoms with Crippen LogP contribution in [-0.2, 0) is 18.4 Å². The van der Waals surface area contributed by atoms with Crippen LogP contribution in [0.4, 0.5) is 0 Å². The fraction of sp³-hybridized carbons (Fsp3) is 0.385. The average Bonchev–Trinajstić information content (AvgIpc) is 2.77. The van der Waals surface area contributed by atoms with E-state index in [1.54, 1.807) is 11.8 Å². The first kappa shape index (κ1) is 20.9. The normalized spacial score (nSPS) is 17.4. The van der Waals surface area contributed by atoms with E-state index >= 15 is 0 Å². The molecule has 1 heterocycles. The molecule has 1 atom stereocenters. The van der Waals surface area contributed by atoms with Gasteiger partial charge in [-0.2, -0.15) is 0 Å². The zero-order valence-corrected chi connectivity index (χ0v) is 19.0. The van der Waals surface area contributed by atoms with Crippen LogP contribution in [-0.4, -0.2) is 15.3 Å². The number of thioether (sulfide) groups is 1. The van der Waals surface area contributed by atoms with Crippen molar-refractivity contribution in [1.82, 2.24) is 9.55 Å². The molecule has 0 fully saturated rings. The molecule has 0 radical (unpaired) electrons. The molecule has 0 saturated carbocycles. The molecule has 2 aromatic carbocycles. The Morgan fingerprint density at radius 3 is 2.53 bits per heavy atom. The van der Waals surface area contributed by atoms with E-state index in [-0.39, 0.29) is 11.0 Å². The molecule has 0 aliphatic heterocycles. The summed E-state index contributed by atoms with van der Waals surface area (Å²) < 4.78 is 1.91. The molecule has 1 aliphatic rings. The zero-order chi connectivity index (χ0) is 21.1. The number of hydrogen-bond acceptors (Lipinski definition) is 3. The zero-order valence-electron chi connectivity index (χ0n) is 18.1. The van der Waals surface area contributed by atoms with Gasteiger partial charge in [0.1, 0.15) is 0 Å². The standard InChI is InChI=1S/C26H30N2OS/c1-4-6-16-30-25-27-23-21-15-11-10-14-20(21)17-26(3,5-2)22(23)24(29)28(25)18-19-12-8-7-9-13-19/h7-15H,4-6,16-18H2,1-3H3/t26-/m1/s1. The van der Waals surface area contributed by atoms with Crippen molar-refractivity contribution in [1.29, 1.82) is 0 Å². The van der Waals surface area contributed by atoms with E-state index in [1.807, 2.05) is 22.8 Å². The Labute approximate surface area is 183 Å². The third-order valence-corrected chi connectivity index (χ3v) is 7.35. The molecule has 0 N–H and O–H groups in total. The van der Waals surface area contributed by atoms with Crippen molar-refractivity contribution < 1.29 is 0 Å². The molecular formula is C26H30N2OS. The molecule has 156 valence electrons.